The molecule has 0 spiro atoms. The van der Waals surface area contributed by atoms with Gasteiger partial charge in [-0.25, -0.2) is 0 Å². The number of carbonyl (C=O) groups is 1. The van der Waals surface area contributed by atoms with Crippen LogP contribution in [0.15, 0.2) is 77.2 Å². The van der Waals surface area contributed by atoms with E-state index < -0.39 is 0 Å². The van der Waals surface area contributed by atoms with Gasteiger partial charge in [-0.05, 0) is 48.0 Å². The van der Waals surface area contributed by atoms with Gasteiger partial charge in [0.1, 0.15) is 5.52 Å². The second-order valence-electron chi connectivity index (χ2n) is 6.38. The molecule has 0 atom stereocenters. The van der Waals surface area contributed by atoms with Gasteiger partial charge in [-0.15, -0.1) is 0 Å². The summed E-state index contributed by atoms with van der Waals surface area (Å²) in [7, 11) is 1.75. The van der Waals surface area contributed by atoms with Crippen molar-refractivity contribution in [2.45, 2.75) is 6.54 Å². The number of para-hydroxylation sites is 1. The van der Waals surface area contributed by atoms with E-state index in [9.17, 15) is 4.79 Å². The summed E-state index contributed by atoms with van der Waals surface area (Å²) in [5.74, 6) is -0.107. The normalized spacial score (nSPS) is 10.8. The number of amides is 1. The van der Waals surface area contributed by atoms with Gasteiger partial charge in [0.2, 0.25) is 0 Å². The molecular formula is C22H18ClN3O2. The Balaban J connectivity index is 1.52. The van der Waals surface area contributed by atoms with E-state index >= 15 is 0 Å². The van der Waals surface area contributed by atoms with Crippen molar-refractivity contribution in [3.05, 3.63) is 88.9 Å². The minimum absolute atomic E-state index is 0.107. The van der Waals surface area contributed by atoms with Crippen LogP contribution in [0.1, 0.15) is 15.9 Å². The smallest absolute Gasteiger partial charge is 0.295 e. The van der Waals surface area contributed by atoms with Crippen LogP contribution in [0.3, 0.4) is 0 Å². The molecule has 4 rings (SSSR count). The summed E-state index contributed by atoms with van der Waals surface area (Å²) >= 11 is 6.00. The number of benzene rings is 3. The molecule has 1 N–H and O–H groups in total. The van der Waals surface area contributed by atoms with Crippen molar-refractivity contribution in [2.24, 2.45) is 0 Å². The number of fused-ring (bicyclic) bond motifs is 1. The lowest BCUT2D eigenvalue weighted by molar-refractivity contribution is 0.0993. The standard InChI is InChI=1S/C22H18ClN3O2/c1-26(18-8-3-2-4-9-18)21(27)16-10-11-20-19(13-16)25-22(28-20)24-14-15-6-5-7-17(23)12-15/h2-13H,14H2,1H3,(H,24,25). The SMILES string of the molecule is CN(C(=O)c1ccc2oc(NCc3cccc(Cl)c3)nc2c1)c1ccccc1. The van der Waals surface area contributed by atoms with Gasteiger partial charge in [-0.2, -0.15) is 4.98 Å². The monoisotopic (exact) mass is 391 g/mol. The lowest BCUT2D eigenvalue weighted by atomic mass is 10.1. The molecule has 5 nitrogen and oxygen atoms in total. The molecule has 28 heavy (non-hydrogen) atoms. The van der Waals surface area contributed by atoms with Crippen LogP contribution in [-0.4, -0.2) is 17.9 Å². The summed E-state index contributed by atoms with van der Waals surface area (Å²) in [6.45, 7) is 0.538. The fraction of sp³-hybridized carbons (Fsp3) is 0.0909. The first-order valence-corrected chi connectivity index (χ1v) is 9.20. The van der Waals surface area contributed by atoms with E-state index in [2.05, 4.69) is 10.3 Å². The minimum Gasteiger partial charge on any atom is -0.424 e. The molecule has 0 aliphatic heterocycles. The molecule has 0 aliphatic rings. The highest BCUT2D eigenvalue weighted by atomic mass is 35.5. The number of aromatic nitrogens is 1. The summed E-state index contributed by atoms with van der Waals surface area (Å²) < 4.78 is 5.72. The molecule has 1 amide bonds. The van der Waals surface area contributed by atoms with Gasteiger partial charge >= 0.3 is 0 Å². The van der Waals surface area contributed by atoms with Gasteiger partial charge in [0.15, 0.2) is 5.58 Å². The predicted octanol–water partition coefficient (Wildman–Crippen LogP) is 5.37. The van der Waals surface area contributed by atoms with Crippen molar-refractivity contribution in [1.82, 2.24) is 4.98 Å². The number of carbonyl (C=O) groups excluding carboxylic acids is 1. The number of anilines is 2. The Kier molecular flexibility index (Phi) is 5.00. The molecule has 0 unspecified atom stereocenters. The minimum atomic E-state index is -0.107. The third-order valence-corrected chi connectivity index (χ3v) is 4.65. The van der Waals surface area contributed by atoms with Crippen molar-refractivity contribution < 1.29 is 9.21 Å². The molecule has 0 saturated carbocycles. The van der Waals surface area contributed by atoms with Crippen LogP contribution in [0.4, 0.5) is 11.7 Å². The highest BCUT2D eigenvalue weighted by molar-refractivity contribution is 6.30. The van der Waals surface area contributed by atoms with E-state index in [1.807, 2.05) is 54.6 Å². The molecule has 0 radical (unpaired) electrons. The number of rotatable bonds is 5. The zero-order chi connectivity index (χ0) is 19.5. The summed E-state index contributed by atoms with van der Waals surface area (Å²) in [4.78, 5) is 18.8. The Labute approximate surface area is 167 Å². The summed E-state index contributed by atoms with van der Waals surface area (Å²) in [6.07, 6.45) is 0. The maximum atomic E-state index is 12.8. The quantitative estimate of drug-likeness (QED) is 0.497. The van der Waals surface area contributed by atoms with Crippen LogP contribution in [0.25, 0.3) is 11.1 Å². The van der Waals surface area contributed by atoms with E-state index in [1.165, 1.54) is 0 Å². The van der Waals surface area contributed by atoms with Gasteiger partial charge in [0.25, 0.3) is 11.9 Å². The van der Waals surface area contributed by atoms with Gasteiger partial charge in [0, 0.05) is 29.9 Å². The molecule has 3 aromatic carbocycles. The molecule has 1 heterocycles. The molecule has 0 saturated heterocycles. The van der Waals surface area contributed by atoms with E-state index in [1.54, 1.807) is 30.1 Å². The predicted molar refractivity (Wildman–Crippen MR) is 112 cm³/mol. The van der Waals surface area contributed by atoms with Gasteiger partial charge < -0.3 is 14.6 Å². The maximum absolute atomic E-state index is 12.8. The van der Waals surface area contributed by atoms with Gasteiger partial charge in [-0.3, -0.25) is 4.79 Å². The topological polar surface area (TPSA) is 58.4 Å². The van der Waals surface area contributed by atoms with Crippen molar-refractivity contribution >= 4 is 40.3 Å². The fourth-order valence-corrected chi connectivity index (χ4v) is 3.14. The van der Waals surface area contributed by atoms with Crippen molar-refractivity contribution in [3.63, 3.8) is 0 Å². The van der Waals surface area contributed by atoms with Crippen LogP contribution >= 0.6 is 11.6 Å². The lowest BCUT2D eigenvalue weighted by Gasteiger charge is -2.17. The molecule has 0 fully saturated rings. The van der Waals surface area contributed by atoms with Crippen molar-refractivity contribution in [3.8, 4) is 0 Å². The Morgan fingerprint density at radius 1 is 1.07 bits per heavy atom. The van der Waals surface area contributed by atoms with E-state index in [-0.39, 0.29) is 5.91 Å². The highest BCUT2D eigenvalue weighted by Gasteiger charge is 2.15. The Morgan fingerprint density at radius 3 is 2.68 bits per heavy atom. The number of hydrogen-bond donors (Lipinski definition) is 1. The van der Waals surface area contributed by atoms with Crippen LogP contribution in [-0.2, 0) is 6.54 Å². The molecular weight excluding hydrogens is 374 g/mol. The number of nitrogens with one attached hydrogen (secondary N) is 1. The first-order chi connectivity index (χ1) is 13.6. The first kappa shape index (κ1) is 18.1. The van der Waals surface area contributed by atoms with E-state index in [0.717, 1.165) is 11.3 Å². The van der Waals surface area contributed by atoms with Crippen LogP contribution < -0.4 is 10.2 Å². The average molecular weight is 392 g/mol. The second-order valence-corrected chi connectivity index (χ2v) is 6.82. The Bertz CT molecular complexity index is 1130. The maximum Gasteiger partial charge on any atom is 0.295 e. The summed E-state index contributed by atoms with van der Waals surface area (Å²) in [6, 6.07) is 22.7. The molecule has 0 bridgehead atoms. The van der Waals surface area contributed by atoms with Crippen molar-refractivity contribution in [2.75, 3.05) is 17.3 Å². The number of oxazole rings is 1. The molecule has 4 aromatic rings. The fourth-order valence-electron chi connectivity index (χ4n) is 2.92. The molecule has 0 aliphatic carbocycles. The van der Waals surface area contributed by atoms with Crippen LogP contribution in [0.5, 0.6) is 0 Å². The van der Waals surface area contributed by atoms with Gasteiger partial charge in [0.05, 0.1) is 0 Å². The zero-order valence-corrected chi connectivity index (χ0v) is 16.0. The largest absolute Gasteiger partial charge is 0.424 e. The number of nitrogens with zero attached hydrogens (tertiary/aromatic N) is 2. The molecule has 1 aromatic heterocycles. The third kappa shape index (κ3) is 3.85. The summed E-state index contributed by atoms with van der Waals surface area (Å²) in [5.41, 5.74) is 3.65. The summed E-state index contributed by atoms with van der Waals surface area (Å²) in [5, 5.41) is 3.83. The Morgan fingerprint density at radius 2 is 1.89 bits per heavy atom. The Hall–Kier alpha value is -3.31. The molecule has 140 valence electrons. The highest BCUT2D eigenvalue weighted by Crippen LogP contribution is 2.23. The van der Waals surface area contributed by atoms with E-state index in [0.29, 0.717) is 34.2 Å². The van der Waals surface area contributed by atoms with Crippen molar-refractivity contribution in [1.29, 1.82) is 0 Å². The number of hydrogen-bond acceptors (Lipinski definition) is 4. The first-order valence-electron chi connectivity index (χ1n) is 8.82. The third-order valence-electron chi connectivity index (χ3n) is 4.42. The average Bonchev–Trinajstić information content (AvgIpc) is 3.14. The lowest BCUT2D eigenvalue weighted by Crippen LogP contribution is -2.26. The second kappa shape index (κ2) is 7.74. The van der Waals surface area contributed by atoms with Gasteiger partial charge in [-0.1, -0.05) is 41.9 Å². The van der Waals surface area contributed by atoms with Crippen LogP contribution in [0.2, 0.25) is 5.02 Å². The number of halogens is 1. The molecule has 6 heteroatoms. The van der Waals surface area contributed by atoms with Crippen LogP contribution in [0, 0.1) is 0 Å². The van der Waals surface area contributed by atoms with E-state index in [4.69, 9.17) is 16.0 Å². The zero-order valence-electron chi connectivity index (χ0n) is 15.2.